The number of fused-ring (bicyclic) bond motifs is 1. The Morgan fingerprint density at radius 1 is 1.03 bits per heavy atom. The highest BCUT2D eigenvalue weighted by atomic mass is 32.2. The first-order chi connectivity index (χ1) is 16.5. The van der Waals surface area contributed by atoms with Crippen molar-refractivity contribution in [2.75, 3.05) is 17.1 Å². The molecule has 0 spiro atoms. The van der Waals surface area contributed by atoms with Gasteiger partial charge in [-0.05, 0) is 48.0 Å². The number of carbonyl (C=O) groups is 1. The zero-order valence-corrected chi connectivity index (χ0v) is 19.0. The summed E-state index contributed by atoms with van der Waals surface area (Å²) >= 11 is 0. The fourth-order valence-corrected chi connectivity index (χ4v) is 4.61. The molecule has 1 atom stereocenters. The normalized spacial score (nSPS) is 12.6. The zero-order valence-electron chi connectivity index (χ0n) is 18.1. The molecule has 0 saturated heterocycles. The van der Waals surface area contributed by atoms with Gasteiger partial charge in [0.05, 0.1) is 24.6 Å². The van der Waals surface area contributed by atoms with Crippen molar-refractivity contribution in [3.8, 4) is 17.1 Å². The Labute approximate surface area is 198 Å². The van der Waals surface area contributed by atoms with Crippen LogP contribution in [0.25, 0.3) is 22.3 Å². The van der Waals surface area contributed by atoms with E-state index in [-0.39, 0.29) is 39.1 Å². The number of benzene rings is 3. The molecule has 35 heavy (non-hydrogen) atoms. The van der Waals surface area contributed by atoms with Crippen LogP contribution in [0, 0.1) is 11.6 Å². The Balaban J connectivity index is 1.83. The number of nitrogens with zero attached hydrogens (tertiary/aromatic N) is 1. The highest BCUT2D eigenvalue weighted by Crippen LogP contribution is 2.41. The van der Waals surface area contributed by atoms with Gasteiger partial charge >= 0.3 is 5.97 Å². The molecule has 1 unspecified atom stereocenters. The van der Waals surface area contributed by atoms with Crippen LogP contribution in [-0.2, 0) is 10.0 Å². The number of aliphatic hydroxyl groups is 1. The lowest BCUT2D eigenvalue weighted by Crippen LogP contribution is -2.34. The number of anilines is 1. The molecular formula is C24H19F2NO7S. The van der Waals surface area contributed by atoms with Gasteiger partial charge in [0, 0.05) is 17.0 Å². The average Bonchev–Trinajstić information content (AvgIpc) is 3.15. The Morgan fingerprint density at radius 2 is 1.60 bits per heavy atom. The van der Waals surface area contributed by atoms with Gasteiger partial charge in [0.2, 0.25) is 10.0 Å². The number of carboxylic acids is 1. The van der Waals surface area contributed by atoms with E-state index in [1.807, 2.05) is 0 Å². The van der Waals surface area contributed by atoms with Gasteiger partial charge in [-0.3, -0.25) is 4.31 Å². The highest BCUT2D eigenvalue weighted by Gasteiger charge is 2.28. The van der Waals surface area contributed by atoms with Gasteiger partial charge < -0.3 is 19.7 Å². The van der Waals surface area contributed by atoms with Gasteiger partial charge in [-0.15, -0.1) is 0 Å². The third-order valence-corrected chi connectivity index (χ3v) is 6.51. The second-order valence-corrected chi connectivity index (χ2v) is 9.72. The maximum Gasteiger partial charge on any atom is 0.340 e. The summed E-state index contributed by atoms with van der Waals surface area (Å²) in [6.45, 7) is -0.527. The maximum absolute atomic E-state index is 13.3. The minimum atomic E-state index is -4.06. The molecule has 4 aromatic rings. The van der Waals surface area contributed by atoms with Crippen LogP contribution in [0.15, 0.2) is 65.1 Å². The first kappa shape index (κ1) is 24.2. The Morgan fingerprint density at radius 3 is 2.14 bits per heavy atom. The molecule has 0 bridgehead atoms. The van der Waals surface area contributed by atoms with Gasteiger partial charge in [-0.2, -0.15) is 0 Å². The number of halogens is 2. The van der Waals surface area contributed by atoms with Crippen LogP contribution in [0.5, 0.6) is 5.75 Å². The molecule has 1 heterocycles. The molecule has 3 N–H and O–H groups in total. The fraction of sp³-hybridized carbons (Fsp3) is 0.125. The van der Waals surface area contributed by atoms with Crippen molar-refractivity contribution >= 4 is 32.6 Å². The fourth-order valence-electron chi connectivity index (χ4n) is 3.70. The van der Waals surface area contributed by atoms with Crippen LogP contribution in [0.1, 0.15) is 22.0 Å². The summed E-state index contributed by atoms with van der Waals surface area (Å²) in [5.74, 6) is -3.13. The van der Waals surface area contributed by atoms with E-state index in [1.165, 1.54) is 24.3 Å². The minimum absolute atomic E-state index is 0.00870. The largest absolute Gasteiger partial charge is 0.506 e. The van der Waals surface area contributed by atoms with E-state index in [2.05, 4.69) is 0 Å². The minimum Gasteiger partial charge on any atom is -0.506 e. The third kappa shape index (κ3) is 4.81. The van der Waals surface area contributed by atoms with Gasteiger partial charge in [-0.1, -0.05) is 12.1 Å². The number of aromatic carboxylic acids is 1. The zero-order chi connectivity index (χ0) is 25.5. The van der Waals surface area contributed by atoms with E-state index in [0.29, 0.717) is 0 Å². The molecule has 11 heteroatoms. The lowest BCUT2D eigenvalue weighted by Gasteiger charge is -2.26. The van der Waals surface area contributed by atoms with Crippen molar-refractivity contribution < 1.29 is 41.7 Å². The van der Waals surface area contributed by atoms with E-state index >= 15 is 0 Å². The summed E-state index contributed by atoms with van der Waals surface area (Å²) in [6.07, 6.45) is -0.510. The molecule has 0 amide bonds. The number of carboxylic acid groups (broad SMARTS) is 1. The first-order valence-corrected chi connectivity index (χ1v) is 12.0. The maximum atomic E-state index is 13.3. The van der Waals surface area contributed by atoms with Gasteiger partial charge in [0.15, 0.2) is 0 Å². The lowest BCUT2D eigenvalue weighted by molar-refractivity contribution is 0.0699. The molecule has 0 saturated carbocycles. The second kappa shape index (κ2) is 9.01. The van der Waals surface area contributed by atoms with E-state index in [9.17, 15) is 37.3 Å². The van der Waals surface area contributed by atoms with Gasteiger partial charge in [-0.25, -0.2) is 22.0 Å². The number of hydrogen-bond donors (Lipinski definition) is 3. The smallest absolute Gasteiger partial charge is 0.340 e. The SMILES string of the molecule is CS(=O)(=O)N(CC(O)c1ccc(F)cc1)c1cc2oc(-c3ccc(F)cc3)c(C(=O)O)c2cc1O. The standard InChI is InChI=1S/C24H19F2NO7S/c1-35(32,33)27(12-20(29)13-2-6-15(25)7-3-13)18-11-21-17(10-19(18)28)22(24(30)31)23(34-21)14-4-8-16(26)9-5-14/h2-11,20,28-29H,12H2,1H3,(H,30,31). The van der Waals surface area contributed by atoms with Crippen LogP contribution in [-0.4, -0.2) is 42.5 Å². The third-order valence-electron chi connectivity index (χ3n) is 5.37. The van der Waals surface area contributed by atoms with Crippen LogP contribution in [0.4, 0.5) is 14.5 Å². The molecule has 182 valence electrons. The number of hydrogen-bond acceptors (Lipinski definition) is 6. The summed E-state index contributed by atoms with van der Waals surface area (Å²) in [5.41, 5.74) is -0.124. The predicted octanol–water partition coefficient (Wildman–Crippen LogP) is 4.28. The van der Waals surface area contributed by atoms with Crippen molar-refractivity contribution in [1.29, 1.82) is 0 Å². The lowest BCUT2D eigenvalue weighted by atomic mass is 10.0. The molecule has 1 aromatic heterocycles. The molecule has 0 radical (unpaired) electrons. The number of aliphatic hydroxyl groups excluding tert-OH is 1. The Hall–Kier alpha value is -3.96. The Kier molecular flexibility index (Phi) is 6.22. The van der Waals surface area contributed by atoms with E-state index < -0.39 is 46.0 Å². The van der Waals surface area contributed by atoms with Crippen molar-refractivity contribution in [2.45, 2.75) is 6.10 Å². The molecule has 8 nitrogen and oxygen atoms in total. The number of furan rings is 1. The first-order valence-electron chi connectivity index (χ1n) is 10.2. The van der Waals surface area contributed by atoms with Gasteiger partial charge in [0.1, 0.15) is 34.3 Å². The number of aromatic hydroxyl groups is 1. The molecule has 0 fully saturated rings. The summed E-state index contributed by atoms with van der Waals surface area (Å²) in [6, 6.07) is 11.9. The van der Waals surface area contributed by atoms with Crippen LogP contribution < -0.4 is 4.31 Å². The molecule has 3 aromatic carbocycles. The number of rotatable bonds is 7. The summed E-state index contributed by atoms with van der Waals surface area (Å²) in [7, 11) is -4.06. The van der Waals surface area contributed by atoms with Crippen LogP contribution >= 0.6 is 0 Å². The monoisotopic (exact) mass is 503 g/mol. The van der Waals surface area contributed by atoms with E-state index in [4.69, 9.17) is 4.42 Å². The highest BCUT2D eigenvalue weighted by molar-refractivity contribution is 7.92. The summed E-state index contributed by atoms with van der Waals surface area (Å²) < 4.78 is 58.1. The molecule has 4 rings (SSSR count). The summed E-state index contributed by atoms with van der Waals surface area (Å²) in [4.78, 5) is 12.0. The molecule has 0 aliphatic rings. The topological polar surface area (TPSA) is 128 Å². The predicted molar refractivity (Wildman–Crippen MR) is 124 cm³/mol. The Bertz CT molecular complexity index is 1510. The van der Waals surface area contributed by atoms with Crippen molar-refractivity contribution in [2.24, 2.45) is 0 Å². The number of phenolic OH excluding ortho intramolecular Hbond substituents is 1. The molecular weight excluding hydrogens is 484 g/mol. The average molecular weight is 503 g/mol. The van der Waals surface area contributed by atoms with Crippen molar-refractivity contribution in [1.82, 2.24) is 0 Å². The summed E-state index contributed by atoms with van der Waals surface area (Å²) in [5, 5.41) is 31.0. The quantitative estimate of drug-likeness (QED) is 0.343. The van der Waals surface area contributed by atoms with Gasteiger partial charge in [0.25, 0.3) is 0 Å². The molecule has 0 aliphatic heterocycles. The van der Waals surface area contributed by atoms with Crippen LogP contribution in [0.2, 0.25) is 0 Å². The van der Waals surface area contributed by atoms with Crippen molar-refractivity contribution in [3.05, 3.63) is 83.4 Å². The van der Waals surface area contributed by atoms with Crippen molar-refractivity contribution in [3.63, 3.8) is 0 Å². The number of sulfonamides is 1. The number of phenols is 1. The second-order valence-electron chi connectivity index (χ2n) is 7.82. The van der Waals surface area contributed by atoms with E-state index in [0.717, 1.165) is 47.0 Å². The van der Waals surface area contributed by atoms with Crippen LogP contribution in [0.3, 0.4) is 0 Å². The van der Waals surface area contributed by atoms with E-state index in [1.54, 1.807) is 0 Å². The molecule has 0 aliphatic carbocycles.